The van der Waals surface area contributed by atoms with Crippen molar-refractivity contribution in [2.75, 3.05) is 6.61 Å². The van der Waals surface area contributed by atoms with Crippen LogP contribution in [0.5, 0.6) is 5.88 Å². The normalized spacial score (nSPS) is 21.3. The van der Waals surface area contributed by atoms with E-state index < -0.39 is 0 Å². The maximum absolute atomic E-state index is 12.1. The number of carbonyl (C=O) groups excluding carboxylic acids is 1. The highest BCUT2D eigenvalue weighted by Crippen LogP contribution is 2.18. The zero-order valence-corrected chi connectivity index (χ0v) is 12.7. The number of aliphatic hydroxyl groups excluding tert-OH is 1. The van der Waals surface area contributed by atoms with E-state index in [1.165, 1.54) is 6.20 Å². The lowest BCUT2D eigenvalue weighted by Crippen LogP contribution is -2.33. The van der Waals surface area contributed by atoms with Gasteiger partial charge in [-0.3, -0.25) is 4.79 Å². The minimum Gasteiger partial charge on any atom is -0.472 e. The molecule has 1 aliphatic carbocycles. The molecule has 2 atom stereocenters. The van der Waals surface area contributed by atoms with Crippen LogP contribution in [0, 0.1) is 5.92 Å². The SMILES string of the molecule is CC(C)(C)Oc1ccc(C(=O)N[C@@H]2C=C[C@H](CO)C2)cn1. The van der Waals surface area contributed by atoms with Crippen LogP contribution in [0.3, 0.4) is 0 Å². The van der Waals surface area contributed by atoms with Gasteiger partial charge in [0.2, 0.25) is 5.88 Å². The molecule has 2 rings (SSSR count). The van der Waals surface area contributed by atoms with Crippen molar-refractivity contribution in [3.63, 3.8) is 0 Å². The molecule has 0 saturated carbocycles. The largest absolute Gasteiger partial charge is 0.472 e. The average Bonchev–Trinajstić information content (AvgIpc) is 2.85. The smallest absolute Gasteiger partial charge is 0.253 e. The monoisotopic (exact) mass is 290 g/mol. The maximum atomic E-state index is 12.1. The summed E-state index contributed by atoms with van der Waals surface area (Å²) in [6, 6.07) is 3.37. The number of carbonyl (C=O) groups is 1. The van der Waals surface area contributed by atoms with Gasteiger partial charge in [0.05, 0.1) is 5.56 Å². The molecule has 0 fully saturated rings. The summed E-state index contributed by atoms with van der Waals surface area (Å²) in [5.41, 5.74) is 0.183. The van der Waals surface area contributed by atoms with Crippen LogP contribution < -0.4 is 10.1 Å². The first-order valence-electron chi connectivity index (χ1n) is 7.12. The molecule has 5 heteroatoms. The molecule has 1 aromatic heterocycles. The van der Waals surface area contributed by atoms with E-state index in [1.807, 2.05) is 32.9 Å². The van der Waals surface area contributed by atoms with Crippen molar-refractivity contribution in [1.29, 1.82) is 0 Å². The van der Waals surface area contributed by atoms with Crippen molar-refractivity contribution >= 4 is 5.91 Å². The van der Waals surface area contributed by atoms with Crippen LogP contribution in [0.15, 0.2) is 30.5 Å². The predicted molar refractivity (Wildman–Crippen MR) is 80.2 cm³/mol. The molecule has 114 valence electrons. The predicted octanol–water partition coefficient (Wildman–Crippen LogP) is 1.93. The number of hydrogen-bond donors (Lipinski definition) is 2. The Balaban J connectivity index is 1.93. The second kappa shape index (κ2) is 6.26. The van der Waals surface area contributed by atoms with E-state index in [1.54, 1.807) is 12.1 Å². The number of amides is 1. The van der Waals surface area contributed by atoms with Crippen LogP contribution in [0.2, 0.25) is 0 Å². The zero-order chi connectivity index (χ0) is 15.5. The van der Waals surface area contributed by atoms with Crippen molar-refractivity contribution < 1.29 is 14.6 Å². The average molecular weight is 290 g/mol. The van der Waals surface area contributed by atoms with Gasteiger partial charge in [0.15, 0.2) is 0 Å². The molecule has 1 aliphatic rings. The van der Waals surface area contributed by atoms with E-state index in [-0.39, 0.29) is 30.1 Å². The highest BCUT2D eigenvalue weighted by Gasteiger charge is 2.20. The molecule has 0 bridgehead atoms. The summed E-state index contributed by atoms with van der Waals surface area (Å²) in [6.45, 7) is 5.95. The lowest BCUT2D eigenvalue weighted by Gasteiger charge is -2.20. The van der Waals surface area contributed by atoms with Crippen LogP contribution in [-0.4, -0.2) is 34.2 Å². The van der Waals surface area contributed by atoms with Gasteiger partial charge in [-0.2, -0.15) is 0 Å². The number of hydrogen-bond acceptors (Lipinski definition) is 4. The van der Waals surface area contributed by atoms with Gasteiger partial charge in [0.25, 0.3) is 5.91 Å². The molecule has 0 radical (unpaired) electrons. The van der Waals surface area contributed by atoms with Gasteiger partial charge < -0.3 is 15.2 Å². The number of pyridine rings is 1. The Morgan fingerprint density at radius 3 is 2.71 bits per heavy atom. The molecule has 2 N–H and O–H groups in total. The molecule has 5 nitrogen and oxygen atoms in total. The molecule has 1 aromatic rings. The van der Waals surface area contributed by atoms with Crippen molar-refractivity contribution in [2.45, 2.75) is 38.8 Å². The number of nitrogens with zero attached hydrogens (tertiary/aromatic N) is 1. The summed E-state index contributed by atoms with van der Waals surface area (Å²) in [4.78, 5) is 16.3. The molecule has 0 unspecified atom stereocenters. The standard InChI is InChI=1S/C16H22N2O3/c1-16(2,3)21-14-7-5-12(9-17-14)15(20)18-13-6-4-11(8-13)10-19/h4-7,9,11,13,19H,8,10H2,1-3H3,(H,18,20)/t11-,13+/m0/s1. The molecule has 1 amide bonds. The van der Waals surface area contributed by atoms with E-state index in [2.05, 4.69) is 10.3 Å². The van der Waals surface area contributed by atoms with Gasteiger partial charge in [-0.15, -0.1) is 0 Å². The van der Waals surface area contributed by atoms with Gasteiger partial charge >= 0.3 is 0 Å². The van der Waals surface area contributed by atoms with Gasteiger partial charge in [0.1, 0.15) is 5.60 Å². The van der Waals surface area contributed by atoms with Gasteiger partial charge in [-0.05, 0) is 33.3 Å². The first kappa shape index (κ1) is 15.5. The van der Waals surface area contributed by atoms with Crippen LogP contribution in [0.4, 0.5) is 0 Å². The molecule has 0 aliphatic heterocycles. The number of nitrogens with one attached hydrogen (secondary N) is 1. The molecule has 21 heavy (non-hydrogen) atoms. The van der Waals surface area contributed by atoms with E-state index in [0.29, 0.717) is 11.4 Å². The fourth-order valence-corrected chi connectivity index (χ4v) is 2.16. The van der Waals surface area contributed by atoms with E-state index in [9.17, 15) is 4.79 Å². The fourth-order valence-electron chi connectivity index (χ4n) is 2.16. The summed E-state index contributed by atoms with van der Waals surface area (Å²) in [5.74, 6) is 0.467. The second-order valence-electron chi connectivity index (χ2n) is 6.24. The fraction of sp³-hybridized carbons (Fsp3) is 0.500. The molecule has 0 saturated heterocycles. The Labute approximate surface area is 125 Å². The van der Waals surface area contributed by atoms with Gasteiger partial charge in [0, 0.05) is 30.8 Å². The third-order valence-corrected chi connectivity index (χ3v) is 3.13. The van der Waals surface area contributed by atoms with E-state index >= 15 is 0 Å². The summed E-state index contributed by atoms with van der Waals surface area (Å²) in [7, 11) is 0. The van der Waals surface area contributed by atoms with E-state index in [4.69, 9.17) is 9.84 Å². The first-order chi connectivity index (χ1) is 9.87. The zero-order valence-electron chi connectivity index (χ0n) is 12.7. The Morgan fingerprint density at radius 1 is 1.43 bits per heavy atom. The van der Waals surface area contributed by atoms with Crippen molar-refractivity contribution in [2.24, 2.45) is 5.92 Å². The minimum absolute atomic E-state index is 0.0276. The number of rotatable bonds is 4. The topological polar surface area (TPSA) is 71.5 Å². The molecule has 1 heterocycles. The van der Waals surface area contributed by atoms with Gasteiger partial charge in [-0.1, -0.05) is 12.2 Å². The van der Waals surface area contributed by atoms with E-state index in [0.717, 1.165) is 6.42 Å². The Bertz CT molecular complexity index is 517. The van der Waals surface area contributed by atoms with Crippen molar-refractivity contribution in [3.8, 4) is 5.88 Å². The lowest BCUT2D eigenvalue weighted by atomic mass is 10.1. The van der Waals surface area contributed by atoms with Crippen molar-refractivity contribution in [1.82, 2.24) is 10.3 Å². The molecule has 0 aromatic carbocycles. The first-order valence-corrected chi connectivity index (χ1v) is 7.12. The highest BCUT2D eigenvalue weighted by molar-refractivity contribution is 5.94. The Kier molecular flexibility index (Phi) is 4.63. The third-order valence-electron chi connectivity index (χ3n) is 3.13. The maximum Gasteiger partial charge on any atom is 0.253 e. The highest BCUT2D eigenvalue weighted by atomic mass is 16.5. The Hall–Kier alpha value is -1.88. The summed E-state index contributed by atoms with van der Waals surface area (Å²) in [6.07, 6.45) is 6.10. The number of aromatic nitrogens is 1. The van der Waals surface area contributed by atoms with Crippen LogP contribution in [-0.2, 0) is 0 Å². The minimum atomic E-state index is -0.315. The quantitative estimate of drug-likeness (QED) is 0.831. The molecular weight excluding hydrogens is 268 g/mol. The van der Waals surface area contributed by atoms with Crippen molar-refractivity contribution in [3.05, 3.63) is 36.0 Å². The molecular formula is C16H22N2O3. The molecule has 0 spiro atoms. The number of ether oxygens (including phenoxy) is 1. The number of aliphatic hydroxyl groups is 1. The lowest BCUT2D eigenvalue weighted by molar-refractivity contribution is 0.0940. The van der Waals surface area contributed by atoms with Gasteiger partial charge in [-0.25, -0.2) is 4.98 Å². The second-order valence-corrected chi connectivity index (χ2v) is 6.24. The van der Waals surface area contributed by atoms with Crippen LogP contribution in [0.25, 0.3) is 0 Å². The Morgan fingerprint density at radius 2 is 2.19 bits per heavy atom. The summed E-state index contributed by atoms with van der Waals surface area (Å²) < 4.78 is 5.62. The summed E-state index contributed by atoms with van der Waals surface area (Å²) >= 11 is 0. The summed E-state index contributed by atoms with van der Waals surface area (Å²) in [5, 5.41) is 12.0. The van der Waals surface area contributed by atoms with Crippen LogP contribution in [0.1, 0.15) is 37.6 Å². The van der Waals surface area contributed by atoms with Crippen LogP contribution >= 0.6 is 0 Å². The third kappa shape index (κ3) is 4.56.